The van der Waals surface area contributed by atoms with E-state index in [0.29, 0.717) is 25.4 Å². The van der Waals surface area contributed by atoms with Crippen molar-refractivity contribution in [2.45, 2.75) is 70.3 Å². The van der Waals surface area contributed by atoms with Gasteiger partial charge in [0.1, 0.15) is 6.04 Å². The van der Waals surface area contributed by atoms with Crippen LogP contribution >= 0.6 is 0 Å². The number of nitrogens with zero attached hydrogens (tertiary/aromatic N) is 1. The van der Waals surface area contributed by atoms with Gasteiger partial charge in [-0.1, -0.05) is 13.5 Å². The molecule has 1 aliphatic heterocycles. The first-order valence-corrected chi connectivity index (χ1v) is 11.0. The first kappa shape index (κ1) is 17.4. The quantitative estimate of drug-likeness (QED) is 0.371. The number of aliphatic hydroxyl groups is 3. The number of likely N-dealkylation sites (tertiary alicyclic amines) is 1. The number of aliphatic hydroxyl groups excluding tert-OH is 3. The second kappa shape index (κ2) is 4.65. The van der Waals surface area contributed by atoms with E-state index in [1.54, 1.807) is 0 Å². The van der Waals surface area contributed by atoms with E-state index in [1.807, 2.05) is 6.92 Å². The molecule has 27 heavy (non-hydrogen) atoms. The molecule has 0 aromatic heterocycles. The fourth-order valence-electron chi connectivity index (χ4n) is 10.3. The van der Waals surface area contributed by atoms with Crippen molar-refractivity contribution in [2.75, 3.05) is 13.1 Å². The van der Waals surface area contributed by atoms with Crippen LogP contribution in [0.25, 0.3) is 0 Å². The van der Waals surface area contributed by atoms with E-state index >= 15 is 0 Å². The Kier molecular flexibility index (Phi) is 2.99. The van der Waals surface area contributed by atoms with Gasteiger partial charge in [-0.25, -0.2) is 0 Å². The van der Waals surface area contributed by atoms with Gasteiger partial charge in [0.05, 0.1) is 36.8 Å². The minimum absolute atomic E-state index is 0.0344. The third-order valence-electron chi connectivity index (χ3n) is 10.9. The molecule has 5 nitrogen and oxygen atoms in total. The van der Waals surface area contributed by atoms with Crippen molar-refractivity contribution < 1.29 is 20.0 Å². The highest BCUT2D eigenvalue weighted by Gasteiger charge is 2.88. The number of piperidine rings is 1. The van der Waals surface area contributed by atoms with Gasteiger partial charge >= 0.3 is 0 Å². The van der Waals surface area contributed by atoms with Gasteiger partial charge in [-0.2, -0.15) is 0 Å². The Hall–Kier alpha value is -0.460. The van der Waals surface area contributed by atoms with Crippen molar-refractivity contribution in [3.8, 4) is 0 Å². The summed E-state index contributed by atoms with van der Waals surface area (Å²) in [7, 11) is 0. The zero-order chi connectivity index (χ0) is 19.1. The van der Waals surface area contributed by atoms with Crippen LogP contribution in [-0.4, -0.2) is 57.4 Å². The summed E-state index contributed by atoms with van der Waals surface area (Å²) >= 11 is 0. The first-order valence-electron chi connectivity index (χ1n) is 11.0. The molecule has 5 heteroatoms. The highest BCUT2D eigenvalue weighted by atomic mass is 16.5. The zero-order valence-corrected chi connectivity index (χ0v) is 16.5. The molecule has 1 saturated heterocycles. The van der Waals surface area contributed by atoms with Crippen molar-refractivity contribution in [1.29, 1.82) is 0 Å². The Balaban J connectivity index is 1.63. The van der Waals surface area contributed by atoms with Crippen LogP contribution in [0.5, 0.6) is 0 Å². The summed E-state index contributed by atoms with van der Waals surface area (Å²) in [5.74, 6) is 0.473. The van der Waals surface area contributed by atoms with E-state index in [2.05, 4.69) is 13.5 Å². The Labute approximate surface area is 161 Å². The van der Waals surface area contributed by atoms with Crippen molar-refractivity contribution in [3.63, 3.8) is 0 Å². The second-order valence-corrected chi connectivity index (χ2v) is 11.2. The standard InChI is InChI=1S/C22H33NO4/c1-4-23(27)10-20(3)6-5-17(25)22-15(20)7-13(18(22)23)21-9-12(11(2)19(21)26)14(24)8-16(21)22/h12-19,24-26H,2,4-10H2,1,3H3/t12-,13+,14+,15-,16-,17+,18-,19-,20-,21+,22+,23-/m1/s1. The maximum absolute atomic E-state index is 14.2. The Morgan fingerprint density at radius 3 is 2.67 bits per heavy atom. The smallest absolute Gasteiger partial charge is 0.101 e. The molecular formula is C22H33NO4. The molecule has 150 valence electrons. The van der Waals surface area contributed by atoms with Crippen molar-refractivity contribution in [2.24, 2.45) is 39.9 Å². The van der Waals surface area contributed by atoms with Crippen LogP contribution < -0.4 is 0 Å². The van der Waals surface area contributed by atoms with Crippen LogP contribution in [0.1, 0.15) is 46.0 Å². The Morgan fingerprint density at radius 1 is 1.22 bits per heavy atom. The number of hydrogen-bond donors (Lipinski definition) is 3. The molecule has 3 N–H and O–H groups in total. The molecule has 0 aromatic carbocycles. The van der Waals surface area contributed by atoms with Crippen molar-refractivity contribution in [3.05, 3.63) is 17.4 Å². The SMILES string of the molecule is C=C1[C@H]2C[C@@]3([C@@H]1O)[C@@H](C[C@@H]2O)[C@]12[C@@H]4C[C@H]3[C@H]1[N@@+]([O-])(CC)C[C@@]4(C)CC[C@@H]2O. The lowest BCUT2D eigenvalue weighted by Crippen LogP contribution is -2.73. The molecule has 6 aliphatic rings. The van der Waals surface area contributed by atoms with Gasteiger partial charge in [0, 0.05) is 22.7 Å². The molecule has 7 bridgehead atoms. The average molecular weight is 376 g/mol. The van der Waals surface area contributed by atoms with Gasteiger partial charge in [0.25, 0.3) is 0 Å². The van der Waals surface area contributed by atoms with Gasteiger partial charge in [0.15, 0.2) is 0 Å². The molecule has 6 fully saturated rings. The summed E-state index contributed by atoms with van der Waals surface area (Å²) in [6, 6.07) is -0.132. The second-order valence-electron chi connectivity index (χ2n) is 11.2. The van der Waals surface area contributed by atoms with Crippen molar-refractivity contribution >= 4 is 0 Å². The number of hydrogen-bond acceptors (Lipinski definition) is 4. The number of fused-ring (bicyclic) bond motifs is 1. The van der Waals surface area contributed by atoms with Crippen LogP contribution in [0.2, 0.25) is 0 Å². The predicted octanol–water partition coefficient (Wildman–Crippen LogP) is 1.80. The van der Waals surface area contributed by atoms with Gasteiger partial charge in [-0.05, 0) is 56.4 Å². The molecular weight excluding hydrogens is 342 g/mol. The highest BCUT2D eigenvalue weighted by molar-refractivity contribution is 5.38. The lowest BCUT2D eigenvalue weighted by molar-refractivity contribution is -0.927. The van der Waals surface area contributed by atoms with E-state index in [1.165, 1.54) is 0 Å². The number of rotatable bonds is 1. The molecule has 0 unspecified atom stereocenters. The fourth-order valence-corrected chi connectivity index (χ4v) is 10.3. The van der Waals surface area contributed by atoms with Crippen LogP contribution in [0.3, 0.4) is 0 Å². The van der Waals surface area contributed by atoms with Gasteiger partial charge < -0.3 is 25.2 Å². The lowest BCUT2D eigenvalue weighted by Gasteiger charge is -2.68. The minimum Gasteiger partial charge on any atom is -0.633 e. The van der Waals surface area contributed by atoms with E-state index in [4.69, 9.17) is 0 Å². The van der Waals surface area contributed by atoms with Crippen LogP contribution in [-0.2, 0) is 0 Å². The Bertz CT molecular complexity index is 742. The lowest BCUT2D eigenvalue weighted by atomic mass is 9.43. The monoisotopic (exact) mass is 375 g/mol. The average Bonchev–Trinajstić information content (AvgIpc) is 3.17. The van der Waals surface area contributed by atoms with Gasteiger partial charge in [-0.15, -0.1) is 0 Å². The first-order chi connectivity index (χ1) is 12.7. The van der Waals surface area contributed by atoms with E-state index in [0.717, 1.165) is 31.3 Å². The minimum atomic E-state index is -0.638. The van der Waals surface area contributed by atoms with Crippen LogP contribution in [0.15, 0.2) is 12.2 Å². The summed E-state index contributed by atoms with van der Waals surface area (Å²) in [6.07, 6.45) is 2.37. The largest absolute Gasteiger partial charge is 0.633 e. The summed E-state index contributed by atoms with van der Waals surface area (Å²) in [5.41, 5.74) is -0.0521. The number of hydroxylamine groups is 3. The molecule has 2 spiro atoms. The normalized spacial score (nSPS) is 68.3. The molecule has 0 aromatic rings. The predicted molar refractivity (Wildman–Crippen MR) is 100 cm³/mol. The molecule has 0 radical (unpaired) electrons. The van der Waals surface area contributed by atoms with Crippen molar-refractivity contribution in [1.82, 2.24) is 0 Å². The van der Waals surface area contributed by atoms with E-state index in [9.17, 15) is 20.5 Å². The van der Waals surface area contributed by atoms with E-state index in [-0.39, 0.29) is 39.3 Å². The molecule has 0 amide bonds. The fraction of sp³-hybridized carbons (Fsp3) is 0.909. The maximum Gasteiger partial charge on any atom is 0.101 e. The van der Waals surface area contributed by atoms with Gasteiger partial charge in [0.2, 0.25) is 0 Å². The molecule has 5 saturated carbocycles. The Morgan fingerprint density at radius 2 is 1.96 bits per heavy atom. The third kappa shape index (κ3) is 1.49. The summed E-state index contributed by atoms with van der Waals surface area (Å²) in [4.78, 5) is 0. The molecule has 12 atom stereocenters. The zero-order valence-electron chi connectivity index (χ0n) is 16.5. The van der Waals surface area contributed by atoms with E-state index < -0.39 is 23.7 Å². The van der Waals surface area contributed by atoms with Crippen LogP contribution in [0.4, 0.5) is 0 Å². The summed E-state index contributed by atoms with van der Waals surface area (Å²) in [6.45, 7) is 9.62. The molecule has 5 aliphatic carbocycles. The summed E-state index contributed by atoms with van der Waals surface area (Å²) < 4.78 is -0.215. The maximum atomic E-state index is 14.2. The highest BCUT2D eigenvalue weighted by Crippen LogP contribution is 2.84. The topological polar surface area (TPSA) is 83.8 Å². The third-order valence-corrected chi connectivity index (χ3v) is 10.9. The molecule has 6 rings (SSSR count). The number of quaternary nitrogens is 1. The van der Waals surface area contributed by atoms with Crippen LogP contribution in [0, 0.1) is 45.1 Å². The summed E-state index contributed by atoms with van der Waals surface area (Å²) in [5, 5.41) is 48.0. The molecule has 1 heterocycles. The van der Waals surface area contributed by atoms with Gasteiger partial charge in [-0.3, -0.25) is 0 Å².